The van der Waals surface area contributed by atoms with Crippen LogP contribution in [-0.4, -0.2) is 42.5 Å². The second kappa shape index (κ2) is 10.6. The molecule has 1 aromatic heterocycles. The molecule has 2 aromatic rings. The fraction of sp³-hybridized carbons (Fsp3) is 0.500. The van der Waals surface area contributed by atoms with Crippen LogP contribution >= 0.6 is 11.3 Å². The van der Waals surface area contributed by atoms with Crippen LogP contribution < -0.4 is 10.6 Å². The number of hydrogen-bond acceptors (Lipinski definition) is 4. The molecule has 9 heteroatoms. The molecule has 1 atom stereocenters. The highest BCUT2D eigenvalue weighted by atomic mass is 32.1. The Morgan fingerprint density at radius 1 is 1.17 bits per heavy atom. The van der Waals surface area contributed by atoms with Gasteiger partial charge in [0.25, 0.3) is 0 Å². The van der Waals surface area contributed by atoms with E-state index >= 15 is 0 Å². The van der Waals surface area contributed by atoms with Crippen LogP contribution in [0, 0.1) is 6.92 Å². The lowest BCUT2D eigenvalue weighted by molar-refractivity contribution is -0.137. The number of aromatic nitrogens is 1. The van der Waals surface area contributed by atoms with Crippen molar-refractivity contribution < 1.29 is 13.2 Å². The highest BCUT2D eigenvalue weighted by Gasteiger charge is 2.30. The molecule has 0 amide bonds. The Kier molecular flexibility index (Phi) is 8.45. The van der Waals surface area contributed by atoms with Gasteiger partial charge < -0.3 is 10.6 Å². The van der Waals surface area contributed by atoms with E-state index in [-0.39, 0.29) is 6.04 Å². The molecule has 2 N–H and O–H groups in total. The van der Waals surface area contributed by atoms with Gasteiger partial charge in [0.1, 0.15) is 5.01 Å². The molecule has 160 valence electrons. The maximum Gasteiger partial charge on any atom is 0.416 e. The average molecular weight is 428 g/mol. The highest BCUT2D eigenvalue weighted by molar-refractivity contribution is 7.11. The normalized spacial score (nSPS) is 13.6. The van der Waals surface area contributed by atoms with Crippen molar-refractivity contribution in [1.82, 2.24) is 20.5 Å². The molecule has 0 aliphatic rings. The average Bonchev–Trinajstić information content (AvgIpc) is 3.12. The molecule has 1 unspecified atom stereocenters. The smallest absolute Gasteiger partial charge is 0.354 e. The van der Waals surface area contributed by atoms with Gasteiger partial charge in [-0.25, -0.2) is 4.98 Å². The van der Waals surface area contributed by atoms with Crippen molar-refractivity contribution in [3.05, 3.63) is 51.5 Å². The van der Waals surface area contributed by atoms with Crippen LogP contribution in [-0.2, 0) is 12.7 Å². The summed E-state index contributed by atoms with van der Waals surface area (Å²) in [4.78, 5) is 11.9. The van der Waals surface area contributed by atoms with Gasteiger partial charge in [-0.3, -0.25) is 9.89 Å². The predicted molar refractivity (Wildman–Crippen MR) is 112 cm³/mol. The van der Waals surface area contributed by atoms with E-state index in [1.807, 2.05) is 27.0 Å². The van der Waals surface area contributed by atoms with Gasteiger partial charge in [-0.1, -0.05) is 26.0 Å². The van der Waals surface area contributed by atoms with Crippen LogP contribution in [0.25, 0.3) is 0 Å². The maximum absolute atomic E-state index is 12.9. The number of aryl methyl sites for hydroxylation is 1. The molecule has 1 aromatic carbocycles. The van der Waals surface area contributed by atoms with Crippen LogP contribution in [0.5, 0.6) is 0 Å². The maximum atomic E-state index is 12.9. The third kappa shape index (κ3) is 6.71. The summed E-state index contributed by atoms with van der Waals surface area (Å²) in [5.41, 5.74) is 0.198. The number of thiazole rings is 1. The number of rotatable bonds is 8. The van der Waals surface area contributed by atoms with Gasteiger partial charge >= 0.3 is 6.18 Å². The number of hydrogen-bond donors (Lipinski definition) is 2. The fourth-order valence-electron chi connectivity index (χ4n) is 3.07. The second-order valence-corrected chi connectivity index (χ2v) is 7.85. The largest absolute Gasteiger partial charge is 0.416 e. The van der Waals surface area contributed by atoms with Crippen LogP contribution in [0.3, 0.4) is 0 Å². The minimum atomic E-state index is -4.33. The molecule has 1 heterocycles. The van der Waals surface area contributed by atoms with Crippen molar-refractivity contribution in [2.75, 3.05) is 26.7 Å². The van der Waals surface area contributed by atoms with E-state index in [4.69, 9.17) is 0 Å². The molecule has 0 aliphatic heterocycles. The Morgan fingerprint density at radius 2 is 1.83 bits per heavy atom. The quantitative estimate of drug-likeness (QED) is 0.489. The first kappa shape index (κ1) is 23.2. The zero-order valence-electron chi connectivity index (χ0n) is 17.2. The first-order valence-corrected chi connectivity index (χ1v) is 10.4. The van der Waals surface area contributed by atoms with E-state index in [1.165, 1.54) is 0 Å². The summed E-state index contributed by atoms with van der Waals surface area (Å²) in [5, 5.41) is 7.49. The molecule has 29 heavy (non-hydrogen) atoms. The molecule has 0 spiro atoms. The van der Waals surface area contributed by atoms with Crippen LogP contribution in [0.1, 0.15) is 40.9 Å². The van der Waals surface area contributed by atoms with Crippen LogP contribution in [0.4, 0.5) is 13.2 Å². The number of guanidine groups is 1. The van der Waals surface area contributed by atoms with Crippen molar-refractivity contribution in [2.45, 2.75) is 39.5 Å². The summed E-state index contributed by atoms with van der Waals surface area (Å²) in [7, 11) is 1.69. The van der Waals surface area contributed by atoms with Gasteiger partial charge in [-0.2, -0.15) is 13.2 Å². The zero-order valence-corrected chi connectivity index (χ0v) is 18.0. The SMILES string of the molecule is CCN(CC)C(CNC(=NC)NCc1ncc(C)s1)c1ccc(C(F)(F)F)cc1. The van der Waals surface area contributed by atoms with Gasteiger partial charge in [-0.05, 0) is 37.7 Å². The second-order valence-electron chi connectivity index (χ2n) is 6.53. The molecule has 0 bridgehead atoms. The lowest BCUT2D eigenvalue weighted by atomic mass is 10.0. The minimum absolute atomic E-state index is 0.0760. The van der Waals surface area contributed by atoms with Crippen molar-refractivity contribution in [2.24, 2.45) is 4.99 Å². The van der Waals surface area contributed by atoms with Gasteiger partial charge in [0.15, 0.2) is 5.96 Å². The number of nitrogens with zero attached hydrogens (tertiary/aromatic N) is 3. The third-order valence-corrected chi connectivity index (χ3v) is 5.55. The van der Waals surface area contributed by atoms with Crippen LogP contribution in [0.15, 0.2) is 35.5 Å². The van der Waals surface area contributed by atoms with E-state index < -0.39 is 11.7 Å². The van der Waals surface area contributed by atoms with Gasteiger partial charge in [0.2, 0.25) is 0 Å². The van der Waals surface area contributed by atoms with Crippen molar-refractivity contribution in [1.29, 1.82) is 0 Å². The Morgan fingerprint density at radius 3 is 2.31 bits per heavy atom. The summed E-state index contributed by atoms with van der Waals surface area (Å²) in [6.45, 7) is 8.74. The van der Waals surface area contributed by atoms with Crippen molar-refractivity contribution >= 4 is 17.3 Å². The number of aliphatic imine (C=N–C) groups is 1. The highest BCUT2D eigenvalue weighted by Crippen LogP contribution is 2.30. The van der Waals surface area contributed by atoms with E-state index in [1.54, 1.807) is 30.5 Å². The van der Waals surface area contributed by atoms with Crippen molar-refractivity contribution in [3.63, 3.8) is 0 Å². The first-order chi connectivity index (χ1) is 13.8. The Bertz CT molecular complexity index is 782. The number of halogens is 3. The van der Waals surface area contributed by atoms with E-state index in [2.05, 4.69) is 25.5 Å². The molecule has 0 radical (unpaired) electrons. The predicted octanol–water partition coefficient (Wildman–Crippen LogP) is 4.22. The number of likely N-dealkylation sites (N-methyl/N-ethyl adjacent to an activating group) is 1. The number of benzene rings is 1. The first-order valence-electron chi connectivity index (χ1n) is 9.55. The summed E-state index contributed by atoms with van der Waals surface area (Å²) >= 11 is 1.62. The Balaban J connectivity index is 2.07. The van der Waals surface area contributed by atoms with Crippen LogP contribution in [0.2, 0.25) is 0 Å². The topological polar surface area (TPSA) is 52.5 Å². The van der Waals surface area contributed by atoms with Gasteiger partial charge in [-0.15, -0.1) is 11.3 Å². The van der Waals surface area contributed by atoms with Crippen molar-refractivity contribution in [3.8, 4) is 0 Å². The summed E-state index contributed by atoms with van der Waals surface area (Å²) in [6, 6.07) is 5.32. The van der Waals surface area contributed by atoms with E-state index in [0.29, 0.717) is 19.0 Å². The molecule has 5 nitrogen and oxygen atoms in total. The Labute approximate surface area is 174 Å². The fourth-order valence-corrected chi connectivity index (χ4v) is 3.80. The lowest BCUT2D eigenvalue weighted by Crippen LogP contribution is -2.43. The van der Waals surface area contributed by atoms with Gasteiger partial charge in [0.05, 0.1) is 18.2 Å². The molecule has 0 saturated heterocycles. The number of alkyl halides is 3. The lowest BCUT2D eigenvalue weighted by Gasteiger charge is -2.31. The van der Waals surface area contributed by atoms with E-state index in [9.17, 15) is 13.2 Å². The molecule has 2 rings (SSSR count). The third-order valence-electron chi connectivity index (χ3n) is 4.64. The standard InChI is InChI=1S/C20H28F3N5S/c1-5-28(6-2)17(15-7-9-16(10-8-15)20(21,22)23)12-26-19(24-4)27-13-18-25-11-14(3)29-18/h7-11,17H,5-6,12-13H2,1-4H3,(H2,24,26,27). The zero-order chi connectivity index (χ0) is 21.4. The van der Waals surface area contributed by atoms with Gasteiger partial charge in [0, 0.05) is 24.7 Å². The molecule has 0 saturated carbocycles. The number of nitrogens with one attached hydrogen (secondary N) is 2. The molecule has 0 aliphatic carbocycles. The summed E-state index contributed by atoms with van der Waals surface area (Å²) in [6.07, 6.45) is -2.50. The summed E-state index contributed by atoms with van der Waals surface area (Å²) in [5.74, 6) is 0.627. The molecular weight excluding hydrogens is 399 g/mol. The minimum Gasteiger partial charge on any atom is -0.354 e. The molecule has 0 fully saturated rings. The monoisotopic (exact) mass is 427 g/mol. The van der Waals surface area contributed by atoms with E-state index in [0.717, 1.165) is 40.7 Å². The Hall–Kier alpha value is -2.13. The molecular formula is C20H28F3N5S. The summed E-state index contributed by atoms with van der Waals surface area (Å²) < 4.78 is 38.7.